The summed E-state index contributed by atoms with van der Waals surface area (Å²) in [5, 5.41) is 13.1. The lowest BCUT2D eigenvalue weighted by Gasteiger charge is -2.43. The van der Waals surface area contributed by atoms with Crippen molar-refractivity contribution in [1.29, 1.82) is 0 Å². The Hall–Kier alpha value is -0.490. The molecule has 0 radical (unpaired) electrons. The van der Waals surface area contributed by atoms with Gasteiger partial charge in [-0.25, -0.2) is 4.39 Å². The number of benzene rings is 1. The quantitative estimate of drug-likeness (QED) is 0.881. The summed E-state index contributed by atoms with van der Waals surface area (Å²) in [7, 11) is 0. The predicted octanol–water partition coefficient (Wildman–Crippen LogP) is 2.55. The molecule has 1 aromatic rings. The molecule has 1 fully saturated rings. The summed E-state index contributed by atoms with van der Waals surface area (Å²) in [5.41, 5.74) is 0.758. The van der Waals surface area contributed by atoms with Crippen LogP contribution in [0.3, 0.4) is 0 Å². The molecule has 0 aromatic heterocycles. The molecule has 1 aliphatic heterocycles. The Balaban J connectivity index is 2.36. The molecular weight excluding hydrogens is 323 g/mol. The number of rotatable bonds is 4. The van der Waals surface area contributed by atoms with Gasteiger partial charge in [0, 0.05) is 44.2 Å². The molecule has 1 saturated heterocycles. The molecule has 20 heavy (non-hydrogen) atoms. The van der Waals surface area contributed by atoms with Gasteiger partial charge >= 0.3 is 0 Å². The molecule has 0 amide bonds. The maximum absolute atomic E-state index is 13.5. The zero-order chi connectivity index (χ0) is 14.8. The number of piperazine rings is 1. The normalized spacial score (nSPS) is 19.1. The first kappa shape index (κ1) is 15.9. The van der Waals surface area contributed by atoms with Crippen LogP contribution in [0.25, 0.3) is 0 Å². The summed E-state index contributed by atoms with van der Waals surface area (Å²) in [5.74, 6) is -0.255. The summed E-state index contributed by atoms with van der Waals surface area (Å²) in [6, 6.07) is 5.22. The molecule has 0 unspecified atom stereocenters. The van der Waals surface area contributed by atoms with Gasteiger partial charge in [-0.3, -0.25) is 4.90 Å². The van der Waals surface area contributed by atoms with Crippen molar-refractivity contribution >= 4 is 15.9 Å². The molecule has 1 heterocycles. The molecule has 0 aliphatic carbocycles. The summed E-state index contributed by atoms with van der Waals surface area (Å²) < 4.78 is 13.9. The topological polar surface area (TPSA) is 35.5 Å². The van der Waals surface area contributed by atoms with Gasteiger partial charge in [-0.2, -0.15) is 0 Å². The average Bonchev–Trinajstić information content (AvgIpc) is 2.44. The van der Waals surface area contributed by atoms with E-state index in [1.807, 2.05) is 12.1 Å². The highest BCUT2D eigenvalue weighted by Gasteiger charge is 2.35. The Kier molecular flexibility index (Phi) is 5.18. The van der Waals surface area contributed by atoms with Gasteiger partial charge in [-0.1, -0.05) is 19.9 Å². The SMILES string of the molecule is CC(C)(CO)[C@@H](c1ccc(F)c(Br)c1)N1CCNCC1. The molecule has 2 N–H and O–H groups in total. The van der Waals surface area contributed by atoms with Crippen molar-refractivity contribution in [1.82, 2.24) is 10.2 Å². The molecule has 0 spiro atoms. The smallest absolute Gasteiger partial charge is 0.137 e. The van der Waals surface area contributed by atoms with Crippen LogP contribution in [0.15, 0.2) is 22.7 Å². The number of halogens is 2. The number of nitrogens with one attached hydrogen (secondary N) is 1. The van der Waals surface area contributed by atoms with E-state index in [-0.39, 0.29) is 23.9 Å². The van der Waals surface area contributed by atoms with Crippen molar-refractivity contribution in [3.05, 3.63) is 34.1 Å². The average molecular weight is 345 g/mol. The molecule has 2 rings (SSSR count). The number of hydrogen-bond donors (Lipinski definition) is 2. The summed E-state index contributed by atoms with van der Waals surface area (Å²) in [6.45, 7) is 7.96. The van der Waals surface area contributed by atoms with Crippen LogP contribution in [0.4, 0.5) is 4.39 Å². The van der Waals surface area contributed by atoms with Gasteiger partial charge in [0.2, 0.25) is 0 Å². The minimum absolute atomic E-state index is 0.0755. The second-order valence-electron chi connectivity index (χ2n) is 6.01. The first-order valence-corrected chi connectivity index (χ1v) is 7.75. The van der Waals surface area contributed by atoms with E-state index >= 15 is 0 Å². The van der Waals surface area contributed by atoms with E-state index < -0.39 is 0 Å². The number of aliphatic hydroxyl groups is 1. The van der Waals surface area contributed by atoms with Crippen molar-refractivity contribution in [2.45, 2.75) is 19.9 Å². The van der Waals surface area contributed by atoms with Crippen molar-refractivity contribution < 1.29 is 9.50 Å². The molecule has 1 aromatic carbocycles. The maximum atomic E-state index is 13.5. The highest BCUT2D eigenvalue weighted by Crippen LogP contribution is 2.39. The number of nitrogens with zero attached hydrogens (tertiary/aromatic N) is 1. The van der Waals surface area contributed by atoms with E-state index in [1.165, 1.54) is 6.07 Å². The Morgan fingerprint density at radius 3 is 2.60 bits per heavy atom. The molecule has 5 heteroatoms. The minimum Gasteiger partial charge on any atom is -0.396 e. The fraction of sp³-hybridized carbons (Fsp3) is 0.600. The Labute approximate surface area is 128 Å². The van der Waals surface area contributed by atoms with Crippen LogP contribution < -0.4 is 5.32 Å². The minimum atomic E-state index is -0.283. The largest absolute Gasteiger partial charge is 0.396 e. The van der Waals surface area contributed by atoms with Crippen LogP contribution in [0.5, 0.6) is 0 Å². The zero-order valence-corrected chi connectivity index (χ0v) is 13.6. The first-order valence-electron chi connectivity index (χ1n) is 6.96. The van der Waals surface area contributed by atoms with Gasteiger partial charge in [0.25, 0.3) is 0 Å². The highest BCUT2D eigenvalue weighted by molar-refractivity contribution is 9.10. The van der Waals surface area contributed by atoms with Gasteiger partial charge in [0.1, 0.15) is 5.82 Å². The Morgan fingerprint density at radius 2 is 2.05 bits per heavy atom. The molecular formula is C15H22BrFN2O. The van der Waals surface area contributed by atoms with Crippen LogP contribution in [-0.2, 0) is 0 Å². The predicted molar refractivity (Wildman–Crippen MR) is 82.2 cm³/mol. The van der Waals surface area contributed by atoms with Crippen LogP contribution in [0, 0.1) is 11.2 Å². The van der Waals surface area contributed by atoms with Crippen LogP contribution in [0.2, 0.25) is 0 Å². The summed E-state index contributed by atoms with van der Waals surface area (Å²) in [6.07, 6.45) is 0. The third-order valence-electron chi connectivity index (χ3n) is 3.92. The van der Waals surface area contributed by atoms with E-state index in [1.54, 1.807) is 0 Å². The van der Waals surface area contributed by atoms with E-state index in [0.717, 1.165) is 31.7 Å². The third-order valence-corrected chi connectivity index (χ3v) is 4.53. The van der Waals surface area contributed by atoms with E-state index in [0.29, 0.717) is 4.47 Å². The van der Waals surface area contributed by atoms with E-state index in [2.05, 4.69) is 40.0 Å². The van der Waals surface area contributed by atoms with Crippen molar-refractivity contribution in [2.75, 3.05) is 32.8 Å². The maximum Gasteiger partial charge on any atom is 0.137 e. The van der Waals surface area contributed by atoms with Gasteiger partial charge in [-0.05, 0) is 33.6 Å². The first-order chi connectivity index (χ1) is 9.45. The molecule has 0 saturated carbocycles. The van der Waals surface area contributed by atoms with Crippen LogP contribution in [0.1, 0.15) is 25.5 Å². The lowest BCUT2D eigenvalue weighted by molar-refractivity contribution is 0.0304. The third kappa shape index (κ3) is 3.39. The fourth-order valence-corrected chi connectivity index (χ4v) is 3.26. The second-order valence-corrected chi connectivity index (χ2v) is 6.86. The second kappa shape index (κ2) is 6.52. The zero-order valence-electron chi connectivity index (χ0n) is 12.0. The van der Waals surface area contributed by atoms with Gasteiger partial charge < -0.3 is 10.4 Å². The molecule has 112 valence electrons. The highest BCUT2D eigenvalue weighted by atomic mass is 79.9. The van der Waals surface area contributed by atoms with Crippen LogP contribution in [-0.4, -0.2) is 42.8 Å². The lowest BCUT2D eigenvalue weighted by atomic mass is 9.80. The summed E-state index contributed by atoms with van der Waals surface area (Å²) in [4.78, 5) is 2.37. The standard InChI is InChI=1S/C15H22BrFN2O/c1-15(2,10-20)14(19-7-5-18-6-8-19)11-3-4-13(17)12(16)9-11/h3-4,9,14,18,20H,5-8,10H2,1-2H3/t14-/m1/s1. The Bertz CT molecular complexity index is 461. The Morgan fingerprint density at radius 1 is 1.40 bits per heavy atom. The summed E-state index contributed by atoms with van der Waals surface area (Å²) >= 11 is 3.26. The lowest BCUT2D eigenvalue weighted by Crippen LogP contribution is -2.49. The molecule has 1 atom stereocenters. The van der Waals surface area contributed by atoms with E-state index in [4.69, 9.17) is 0 Å². The fourth-order valence-electron chi connectivity index (χ4n) is 2.87. The van der Waals surface area contributed by atoms with E-state index in [9.17, 15) is 9.50 Å². The van der Waals surface area contributed by atoms with Gasteiger partial charge in [0.05, 0.1) is 4.47 Å². The molecule has 0 bridgehead atoms. The van der Waals surface area contributed by atoms with Crippen molar-refractivity contribution in [3.8, 4) is 0 Å². The number of aliphatic hydroxyl groups excluding tert-OH is 1. The van der Waals surface area contributed by atoms with Crippen LogP contribution >= 0.6 is 15.9 Å². The van der Waals surface area contributed by atoms with Crippen molar-refractivity contribution in [3.63, 3.8) is 0 Å². The van der Waals surface area contributed by atoms with Gasteiger partial charge in [-0.15, -0.1) is 0 Å². The number of hydrogen-bond acceptors (Lipinski definition) is 3. The molecule has 3 nitrogen and oxygen atoms in total. The molecule has 1 aliphatic rings. The monoisotopic (exact) mass is 344 g/mol. The van der Waals surface area contributed by atoms with Crippen molar-refractivity contribution in [2.24, 2.45) is 5.41 Å². The van der Waals surface area contributed by atoms with Gasteiger partial charge in [0.15, 0.2) is 0 Å².